The molecular formula is C21H24N2O3. The lowest BCUT2D eigenvalue weighted by Crippen LogP contribution is -2.53. The van der Waals surface area contributed by atoms with Gasteiger partial charge in [-0.05, 0) is 24.6 Å². The van der Waals surface area contributed by atoms with Gasteiger partial charge < -0.3 is 14.4 Å². The molecule has 0 saturated carbocycles. The van der Waals surface area contributed by atoms with Crippen LogP contribution in [0.3, 0.4) is 0 Å². The Labute approximate surface area is 154 Å². The number of aryl methyl sites for hydroxylation is 1. The summed E-state index contributed by atoms with van der Waals surface area (Å²) in [4.78, 5) is 17.1. The second-order valence-electron chi connectivity index (χ2n) is 6.95. The molecule has 2 heterocycles. The van der Waals surface area contributed by atoms with Crippen LogP contribution < -0.4 is 9.47 Å². The molecule has 5 nitrogen and oxygen atoms in total. The number of benzene rings is 2. The van der Waals surface area contributed by atoms with E-state index >= 15 is 0 Å². The van der Waals surface area contributed by atoms with Gasteiger partial charge in [0.05, 0.1) is 0 Å². The maximum absolute atomic E-state index is 12.8. The van der Waals surface area contributed by atoms with Crippen LogP contribution in [-0.2, 0) is 11.3 Å². The van der Waals surface area contributed by atoms with Gasteiger partial charge in [-0.15, -0.1) is 0 Å². The number of nitrogens with zero attached hydrogens (tertiary/aromatic N) is 2. The van der Waals surface area contributed by atoms with Crippen LogP contribution in [-0.4, -0.2) is 54.6 Å². The average Bonchev–Trinajstić information content (AvgIpc) is 2.69. The zero-order chi connectivity index (χ0) is 17.9. The largest absolute Gasteiger partial charge is 0.485 e. The molecule has 1 saturated heterocycles. The van der Waals surface area contributed by atoms with Crippen LogP contribution >= 0.6 is 0 Å². The number of piperazine rings is 1. The molecule has 2 aliphatic heterocycles. The molecule has 5 heteroatoms. The fourth-order valence-electron chi connectivity index (χ4n) is 3.42. The number of ether oxygens (including phenoxy) is 2. The summed E-state index contributed by atoms with van der Waals surface area (Å²) in [5.74, 6) is 1.38. The molecule has 26 heavy (non-hydrogen) atoms. The predicted octanol–water partition coefficient (Wildman–Crippen LogP) is 2.48. The molecule has 0 bridgehead atoms. The molecule has 1 fully saturated rings. The van der Waals surface area contributed by atoms with Crippen LogP contribution in [0, 0.1) is 6.92 Å². The molecule has 0 N–H and O–H groups in total. The van der Waals surface area contributed by atoms with Crippen LogP contribution in [0.4, 0.5) is 0 Å². The zero-order valence-corrected chi connectivity index (χ0v) is 15.1. The standard InChI is InChI=1S/C21H24N2O3/c1-16-6-8-17(9-7-16)14-22-10-12-23(13-11-22)21(24)20-15-25-18-4-2-3-5-19(18)26-20/h2-9,20H,10-15H2,1H3/t20-/m1/s1. The van der Waals surface area contributed by atoms with Crippen molar-refractivity contribution < 1.29 is 14.3 Å². The second kappa shape index (κ2) is 7.38. The van der Waals surface area contributed by atoms with Crippen molar-refractivity contribution >= 4 is 5.91 Å². The predicted molar refractivity (Wildman–Crippen MR) is 99.4 cm³/mol. The minimum absolute atomic E-state index is 0.0227. The molecule has 0 spiro atoms. The maximum Gasteiger partial charge on any atom is 0.267 e. The summed E-state index contributed by atoms with van der Waals surface area (Å²) in [7, 11) is 0. The van der Waals surface area contributed by atoms with Gasteiger partial charge in [0.1, 0.15) is 6.61 Å². The Morgan fingerprint density at radius 2 is 1.69 bits per heavy atom. The molecule has 0 unspecified atom stereocenters. The highest BCUT2D eigenvalue weighted by Crippen LogP contribution is 2.31. The van der Waals surface area contributed by atoms with E-state index in [2.05, 4.69) is 36.1 Å². The van der Waals surface area contributed by atoms with Crippen molar-refractivity contribution in [2.75, 3.05) is 32.8 Å². The van der Waals surface area contributed by atoms with Gasteiger partial charge in [-0.1, -0.05) is 42.0 Å². The molecule has 2 aromatic rings. The van der Waals surface area contributed by atoms with Gasteiger partial charge in [0, 0.05) is 32.7 Å². The summed E-state index contributed by atoms with van der Waals surface area (Å²) in [6, 6.07) is 16.1. The molecule has 1 atom stereocenters. The van der Waals surface area contributed by atoms with Crippen molar-refractivity contribution in [1.82, 2.24) is 9.80 Å². The van der Waals surface area contributed by atoms with E-state index < -0.39 is 6.10 Å². The van der Waals surface area contributed by atoms with Crippen LogP contribution in [0.15, 0.2) is 48.5 Å². The minimum Gasteiger partial charge on any atom is -0.485 e. The Morgan fingerprint density at radius 1 is 1.00 bits per heavy atom. The third-order valence-electron chi connectivity index (χ3n) is 4.99. The first-order chi connectivity index (χ1) is 12.7. The number of para-hydroxylation sites is 2. The SMILES string of the molecule is Cc1ccc(CN2CCN(C(=O)[C@H]3COc4ccccc4O3)CC2)cc1. The van der Waals surface area contributed by atoms with Gasteiger partial charge >= 0.3 is 0 Å². The van der Waals surface area contributed by atoms with E-state index in [4.69, 9.17) is 9.47 Å². The van der Waals surface area contributed by atoms with Crippen molar-refractivity contribution in [1.29, 1.82) is 0 Å². The first-order valence-corrected chi connectivity index (χ1v) is 9.14. The van der Waals surface area contributed by atoms with Gasteiger partial charge in [-0.25, -0.2) is 0 Å². The summed E-state index contributed by atoms with van der Waals surface area (Å²) in [5, 5.41) is 0. The first-order valence-electron chi connectivity index (χ1n) is 9.14. The molecule has 0 aliphatic carbocycles. The van der Waals surface area contributed by atoms with Gasteiger partial charge in [0.2, 0.25) is 6.10 Å². The lowest BCUT2D eigenvalue weighted by Gasteiger charge is -2.37. The highest BCUT2D eigenvalue weighted by atomic mass is 16.6. The van der Waals surface area contributed by atoms with Gasteiger partial charge in [-0.3, -0.25) is 9.69 Å². The summed E-state index contributed by atoms with van der Waals surface area (Å²) < 4.78 is 11.5. The summed E-state index contributed by atoms with van der Waals surface area (Å²) in [5.41, 5.74) is 2.59. The van der Waals surface area contributed by atoms with E-state index in [-0.39, 0.29) is 12.5 Å². The third kappa shape index (κ3) is 3.68. The van der Waals surface area contributed by atoms with Crippen LogP contribution in [0.1, 0.15) is 11.1 Å². The Balaban J connectivity index is 1.30. The quantitative estimate of drug-likeness (QED) is 0.851. The molecule has 0 aromatic heterocycles. The number of hydrogen-bond donors (Lipinski definition) is 0. The Kier molecular flexibility index (Phi) is 4.80. The van der Waals surface area contributed by atoms with Crippen molar-refractivity contribution in [2.45, 2.75) is 19.6 Å². The Bertz CT molecular complexity index is 767. The van der Waals surface area contributed by atoms with E-state index in [1.165, 1.54) is 11.1 Å². The highest BCUT2D eigenvalue weighted by molar-refractivity contribution is 5.82. The van der Waals surface area contributed by atoms with Crippen molar-refractivity contribution in [3.05, 3.63) is 59.7 Å². The number of hydrogen-bond acceptors (Lipinski definition) is 4. The third-order valence-corrected chi connectivity index (χ3v) is 4.99. The normalized spacial score (nSPS) is 20.0. The van der Waals surface area contributed by atoms with Crippen molar-refractivity contribution in [2.24, 2.45) is 0 Å². The number of carbonyl (C=O) groups is 1. The molecule has 0 radical (unpaired) electrons. The number of carbonyl (C=O) groups excluding carboxylic acids is 1. The van der Waals surface area contributed by atoms with Gasteiger partial charge in [0.15, 0.2) is 11.5 Å². The van der Waals surface area contributed by atoms with E-state index in [9.17, 15) is 4.79 Å². The monoisotopic (exact) mass is 352 g/mol. The number of amides is 1. The fourth-order valence-corrected chi connectivity index (χ4v) is 3.42. The molecule has 1 amide bonds. The molecule has 2 aromatic carbocycles. The summed E-state index contributed by atoms with van der Waals surface area (Å²) in [6.07, 6.45) is -0.548. The lowest BCUT2D eigenvalue weighted by molar-refractivity contribution is -0.143. The minimum atomic E-state index is -0.548. The average molecular weight is 352 g/mol. The van der Waals surface area contributed by atoms with Crippen LogP contribution in [0.2, 0.25) is 0 Å². The van der Waals surface area contributed by atoms with Gasteiger partial charge in [-0.2, -0.15) is 0 Å². The first kappa shape index (κ1) is 16.9. The van der Waals surface area contributed by atoms with Crippen LogP contribution in [0.5, 0.6) is 11.5 Å². The second-order valence-corrected chi connectivity index (χ2v) is 6.95. The van der Waals surface area contributed by atoms with Crippen LogP contribution in [0.25, 0.3) is 0 Å². The smallest absolute Gasteiger partial charge is 0.267 e. The molecule has 2 aliphatic rings. The lowest BCUT2D eigenvalue weighted by atomic mass is 10.1. The molecule has 4 rings (SSSR count). The van der Waals surface area contributed by atoms with E-state index in [0.29, 0.717) is 11.5 Å². The highest BCUT2D eigenvalue weighted by Gasteiger charge is 2.32. The van der Waals surface area contributed by atoms with E-state index in [1.54, 1.807) is 0 Å². The Hall–Kier alpha value is -2.53. The van der Waals surface area contributed by atoms with Crippen molar-refractivity contribution in [3.63, 3.8) is 0 Å². The maximum atomic E-state index is 12.8. The topological polar surface area (TPSA) is 42.0 Å². The van der Waals surface area contributed by atoms with Crippen molar-refractivity contribution in [3.8, 4) is 11.5 Å². The summed E-state index contributed by atoms with van der Waals surface area (Å²) >= 11 is 0. The molecule has 136 valence electrons. The van der Waals surface area contributed by atoms with E-state index in [1.807, 2.05) is 29.2 Å². The molecular weight excluding hydrogens is 328 g/mol. The number of fused-ring (bicyclic) bond motifs is 1. The fraction of sp³-hybridized carbons (Fsp3) is 0.381. The van der Waals surface area contributed by atoms with Gasteiger partial charge in [0.25, 0.3) is 5.91 Å². The number of rotatable bonds is 3. The van der Waals surface area contributed by atoms with E-state index in [0.717, 1.165) is 32.7 Å². The summed E-state index contributed by atoms with van der Waals surface area (Å²) in [6.45, 7) is 6.52. The zero-order valence-electron chi connectivity index (χ0n) is 15.1. The Morgan fingerprint density at radius 3 is 2.42 bits per heavy atom.